The highest BCUT2D eigenvalue weighted by Gasteiger charge is 2.19. The predicted octanol–water partition coefficient (Wildman–Crippen LogP) is 3.71. The van der Waals surface area contributed by atoms with E-state index < -0.39 is 0 Å². The fourth-order valence-corrected chi connectivity index (χ4v) is 3.10. The Balaban J connectivity index is 2.05. The highest BCUT2D eigenvalue weighted by atomic mass is 14.9. The zero-order chi connectivity index (χ0) is 11.7. The second-order valence-corrected chi connectivity index (χ2v) is 5.28. The number of benzene rings is 1. The zero-order valence-corrected chi connectivity index (χ0v) is 10.5. The molecule has 1 saturated carbocycles. The zero-order valence-electron chi connectivity index (χ0n) is 10.5. The topological polar surface area (TPSA) is 3.88 Å². The molecule has 0 saturated heterocycles. The molecule has 0 amide bonds. The number of hydrogen-bond acceptors (Lipinski definition) is 0. The minimum atomic E-state index is 0.791. The average molecular weight is 226 g/mol. The van der Waals surface area contributed by atoms with E-state index in [4.69, 9.17) is 0 Å². The van der Waals surface area contributed by atoms with Crippen LogP contribution in [-0.4, -0.2) is 0 Å². The van der Waals surface area contributed by atoms with E-state index in [0.29, 0.717) is 0 Å². The smallest absolute Gasteiger partial charge is 0.201 e. The Hall–Kier alpha value is -1.37. The van der Waals surface area contributed by atoms with Gasteiger partial charge < -0.3 is 0 Å². The van der Waals surface area contributed by atoms with E-state index in [1.54, 1.807) is 0 Å². The van der Waals surface area contributed by atoms with E-state index in [2.05, 4.69) is 48.1 Å². The summed E-state index contributed by atoms with van der Waals surface area (Å²) in [6.45, 7) is 0. The van der Waals surface area contributed by atoms with Gasteiger partial charge in [-0.25, -0.2) is 4.57 Å². The number of hydrogen-bond donors (Lipinski definition) is 0. The molecule has 0 spiro atoms. The monoisotopic (exact) mass is 226 g/mol. The molecule has 1 heterocycles. The summed E-state index contributed by atoms with van der Waals surface area (Å²) in [5.41, 5.74) is 2.86. The van der Waals surface area contributed by atoms with Crippen LogP contribution in [-0.2, 0) is 7.05 Å². The maximum atomic E-state index is 2.39. The van der Waals surface area contributed by atoms with Gasteiger partial charge in [-0.1, -0.05) is 31.4 Å². The molecule has 0 radical (unpaired) electrons. The van der Waals surface area contributed by atoms with Gasteiger partial charge in [0.25, 0.3) is 0 Å². The minimum absolute atomic E-state index is 0.791. The third-order valence-corrected chi connectivity index (χ3v) is 4.06. The Labute approximate surface area is 103 Å². The Morgan fingerprint density at radius 2 is 1.82 bits per heavy atom. The SMILES string of the molecule is C[n+]1cc(C2CCCCC2)cc2ccccc21. The highest BCUT2D eigenvalue weighted by Crippen LogP contribution is 2.32. The van der Waals surface area contributed by atoms with Crippen LogP contribution < -0.4 is 4.57 Å². The molecule has 1 nitrogen and oxygen atoms in total. The lowest BCUT2D eigenvalue weighted by Crippen LogP contribution is -2.29. The van der Waals surface area contributed by atoms with Gasteiger partial charge >= 0.3 is 0 Å². The van der Waals surface area contributed by atoms with Crippen molar-refractivity contribution in [2.45, 2.75) is 38.0 Å². The fraction of sp³-hybridized carbons (Fsp3) is 0.438. The van der Waals surface area contributed by atoms with E-state index in [-0.39, 0.29) is 0 Å². The number of nitrogens with zero attached hydrogens (tertiary/aromatic N) is 1. The molecule has 1 fully saturated rings. The van der Waals surface area contributed by atoms with Crippen LogP contribution in [0.15, 0.2) is 36.5 Å². The molecule has 0 unspecified atom stereocenters. The first-order valence-electron chi connectivity index (χ1n) is 6.73. The molecule has 0 bridgehead atoms. The molecule has 1 aromatic carbocycles. The van der Waals surface area contributed by atoms with Crippen molar-refractivity contribution in [2.75, 3.05) is 0 Å². The maximum Gasteiger partial charge on any atom is 0.212 e. The third kappa shape index (κ3) is 2.06. The molecule has 3 rings (SSSR count). The first-order valence-corrected chi connectivity index (χ1v) is 6.73. The minimum Gasteiger partial charge on any atom is -0.201 e. The number of pyridine rings is 1. The van der Waals surface area contributed by atoms with Gasteiger partial charge in [0.05, 0.1) is 0 Å². The van der Waals surface area contributed by atoms with Gasteiger partial charge in [-0.2, -0.15) is 0 Å². The lowest BCUT2D eigenvalue weighted by atomic mass is 9.84. The second kappa shape index (κ2) is 4.48. The van der Waals surface area contributed by atoms with Crippen LogP contribution in [0, 0.1) is 0 Å². The van der Waals surface area contributed by atoms with E-state index in [9.17, 15) is 0 Å². The quantitative estimate of drug-likeness (QED) is 0.653. The average Bonchev–Trinajstić information content (AvgIpc) is 2.40. The number of aromatic nitrogens is 1. The normalized spacial score (nSPS) is 17.5. The summed E-state index contributed by atoms with van der Waals surface area (Å²) in [5, 5.41) is 1.37. The number of aryl methyl sites for hydroxylation is 1. The summed E-state index contributed by atoms with van der Waals surface area (Å²) in [7, 11) is 2.16. The molecule has 0 aliphatic heterocycles. The Morgan fingerprint density at radius 1 is 1.06 bits per heavy atom. The third-order valence-electron chi connectivity index (χ3n) is 4.06. The molecule has 2 aromatic rings. The largest absolute Gasteiger partial charge is 0.212 e. The molecule has 17 heavy (non-hydrogen) atoms. The number of para-hydroxylation sites is 1. The van der Waals surface area contributed by atoms with Gasteiger partial charge in [-0.05, 0) is 30.9 Å². The van der Waals surface area contributed by atoms with Crippen LogP contribution in [0.3, 0.4) is 0 Å². The van der Waals surface area contributed by atoms with Crippen LogP contribution in [0.1, 0.15) is 43.6 Å². The molecule has 1 heteroatoms. The summed E-state index contributed by atoms with van der Waals surface area (Å²) in [6, 6.07) is 11.1. The first-order chi connectivity index (χ1) is 8.34. The van der Waals surface area contributed by atoms with E-state index in [1.165, 1.54) is 48.6 Å². The van der Waals surface area contributed by atoms with Crippen molar-refractivity contribution in [2.24, 2.45) is 7.05 Å². The van der Waals surface area contributed by atoms with Crippen molar-refractivity contribution >= 4 is 10.9 Å². The second-order valence-electron chi connectivity index (χ2n) is 5.28. The van der Waals surface area contributed by atoms with Gasteiger partial charge in [0.15, 0.2) is 6.20 Å². The Bertz CT molecular complexity index is 524. The molecule has 1 aromatic heterocycles. The van der Waals surface area contributed by atoms with Crippen LogP contribution in [0.4, 0.5) is 0 Å². The van der Waals surface area contributed by atoms with Crippen molar-refractivity contribution in [1.29, 1.82) is 0 Å². The number of fused-ring (bicyclic) bond motifs is 1. The van der Waals surface area contributed by atoms with Gasteiger partial charge in [0.2, 0.25) is 5.52 Å². The van der Waals surface area contributed by atoms with E-state index in [1.807, 2.05) is 0 Å². The lowest BCUT2D eigenvalue weighted by Gasteiger charge is -2.21. The Kier molecular flexibility index (Phi) is 2.84. The standard InChI is InChI=1S/C16H20N/c1-17-12-15(13-7-3-2-4-8-13)11-14-9-5-6-10-16(14)17/h5-6,9-13H,2-4,7-8H2,1H3/q+1. The van der Waals surface area contributed by atoms with Crippen molar-refractivity contribution < 1.29 is 4.57 Å². The molecular weight excluding hydrogens is 206 g/mol. The Morgan fingerprint density at radius 3 is 2.65 bits per heavy atom. The first kappa shape index (κ1) is 10.8. The molecule has 88 valence electrons. The van der Waals surface area contributed by atoms with Crippen LogP contribution in [0.25, 0.3) is 10.9 Å². The summed E-state index contributed by atoms with van der Waals surface area (Å²) >= 11 is 0. The van der Waals surface area contributed by atoms with Crippen molar-refractivity contribution in [1.82, 2.24) is 0 Å². The van der Waals surface area contributed by atoms with Crippen molar-refractivity contribution in [3.63, 3.8) is 0 Å². The van der Waals surface area contributed by atoms with Gasteiger partial charge in [0, 0.05) is 17.0 Å². The molecular formula is C16H20N+. The van der Waals surface area contributed by atoms with Gasteiger partial charge in [0.1, 0.15) is 7.05 Å². The lowest BCUT2D eigenvalue weighted by molar-refractivity contribution is -0.645. The number of rotatable bonds is 1. The van der Waals surface area contributed by atoms with Gasteiger partial charge in [-0.3, -0.25) is 0 Å². The summed E-state index contributed by atoms with van der Waals surface area (Å²) in [6.07, 6.45) is 9.31. The van der Waals surface area contributed by atoms with Crippen molar-refractivity contribution in [3.8, 4) is 0 Å². The van der Waals surface area contributed by atoms with Crippen LogP contribution in [0.5, 0.6) is 0 Å². The molecule has 1 aliphatic carbocycles. The van der Waals surface area contributed by atoms with E-state index in [0.717, 1.165) is 5.92 Å². The van der Waals surface area contributed by atoms with Gasteiger partial charge in [-0.15, -0.1) is 0 Å². The van der Waals surface area contributed by atoms with Crippen LogP contribution in [0.2, 0.25) is 0 Å². The predicted molar refractivity (Wildman–Crippen MR) is 71.0 cm³/mol. The highest BCUT2D eigenvalue weighted by molar-refractivity contribution is 5.75. The fourth-order valence-electron chi connectivity index (χ4n) is 3.10. The summed E-state index contributed by atoms with van der Waals surface area (Å²) in [4.78, 5) is 0. The molecule has 1 aliphatic rings. The summed E-state index contributed by atoms with van der Waals surface area (Å²) in [5.74, 6) is 0.791. The maximum absolute atomic E-state index is 2.39. The molecule has 0 N–H and O–H groups in total. The van der Waals surface area contributed by atoms with Crippen LogP contribution >= 0.6 is 0 Å². The summed E-state index contributed by atoms with van der Waals surface area (Å²) < 4.78 is 2.28. The molecule has 0 atom stereocenters. The van der Waals surface area contributed by atoms with E-state index >= 15 is 0 Å². The van der Waals surface area contributed by atoms with Crippen molar-refractivity contribution in [3.05, 3.63) is 42.1 Å².